The van der Waals surface area contributed by atoms with Gasteiger partial charge in [0, 0.05) is 11.2 Å². The lowest BCUT2D eigenvalue weighted by molar-refractivity contribution is 0.325. The normalized spacial score (nSPS) is 14.8. The third kappa shape index (κ3) is 4.05. The minimum atomic E-state index is 0.0217. The second-order valence-electron chi connectivity index (χ2n) is 5.33. The molecule has 6 heteroatoms. The average Bonchev–Trinajstić information content (AvgIpc) is 3.08. The van der Waals surface area contributed by atoms with Gasteiger partial charge in [0.25, 0.3) is 6.02 Å². The topological polar surface area (TPSA) is 46.5 Å². The highest BCUT2D eigenvalue weighted by atomic mass is 35.5. The van der Waals surface area contributed by atoms with E-state index in [1.165, 1.54) is 5.56 Å². The number of benzene rings is 1. The Morgan fingerprint density at radius 3 is 3.00 bits per heavy atom. The molecule has 1 unspecified atom stereocenters. The summed E-state index contributed by atoms with van der Waals surface area (Å²) in [7, 11) is 2.02. The van der Waals surface area contributed by atoms with E-state index in [9.17, 15) is 0 Å². The van der Waals surface area contributed by atoms with Crippen LogP contribution in [0.5, 0.6) is 0 Å². The summed E-state index contributed by atoms with van der Waals surface area (Å²) in [6.45, 7) is 3.33. The molecule has 0 aliphatic carbocycles. The lowest BCUT2D eigenvalue weighted by atomic mass is 9.74. The van der Waals surface area contributed by atoms with Crippen molar-refractivity contribution in [3.05, 3.63) is 58.7 Å². The maximum absolute atomic E-state index is 6.16. The van der Waals surface area contributed by atoms with Crippen molar-refractivity contribution in [3.8, 4) is 0 Å². The van der Waals surface area contributed by atoms with Crippen LogP contribution in [0.1, 0.15) is 17.2 Å². The Morgan fingerprint density at radius 2 is 2.26 bits per heavy atom. The van der Waals surface area contributed by atoms with E-state index in [-0.39, 0.29) is 6.04 Å². The van der Waals surface area contributed by atoms with E-state index in [1.54, 1.807) is 0 Å². The van der Waals surface area contributed by atoms with Crippen molar-refractivity contribution in [2.45, 2.75) is 19.3 Å². The number of aliphatic imine (C=N–C) groups is 1. The number of hydrogen-bond donors (Lipinski definition) is 1. The first-order chi connectivity index (χ1) is 11.3. The van der Waals surface area contributed by atoms with E-state index in [1.807, 2.05) is 44.6 Å². The molecule has 117 valence electrons. The highest BCUT2D eigenvalue weighted by molar-refractivity contribution is 6.51. The van der Waals surface area contributed by atoms with Gasteiger partial charge in [0.15, 0.2) is 7.28 Å². The number of halogens is 1. The first kappa shape index (κ1) is 15.9. The van der Waals surface area contributed by atoms with Gasteiger partial charge in [-0.15, -0.1) is 0 Å². The smallest absolute Gasteiger partial charge is 0.285 e. The second kappa shape index (κ2) is 7.51. The molecule has 3 rings (SSSR count). The highest BCUT2D eigenvalue weighted by Gasteiger charge is 2.18. The number of hydrogen-bond acceptors (Lipinski definition) is 4. The molecule has 23 heavy (non-hydrogen) atoms. The summed E-state index contributed by atoms with van der Waals surface area (Å²) >= 11 is 6.16. The van der Waals surface area contributed by atoms with E-state index in [4.69, 9.17) is 16.3 Å². The summed E-state index contributed by atoms with van der Waals surface area (Å²) in [5.74, 6) is 0. The molecule has 0 saturated heterocycles. The standard InChI is InChI=1S/C17H18BClN3O/c1-18-16-13(5-3-7-20-16)11-15(22-17-21-8-9-23-17)12-4-2-6-14(19)10-12/h2-7,10,15H,8-9,11H2,1H3,(H,21,22). The van der Waals surface area contributed by atoms with Crippen molar-refractivity contribution in [2.24, 2.45) is 4.99 Å². The summed E-state index contributed by atoms with van der Waals surface area (Å²) in [5.41, 5.74) is 3.27. The van der Waals surface area contributed by atoms with Crippen molar-refractivity contribution in [3.63, 3.8) is 0 Å². The predicted molar refractivity (Wildman–Crippen MR) is 94.8 cm³/mol. The number of aromatic nitrogens is 1. The van der Waals surface area contributed by atoms with Crippen molar-refractivity contribution >= 4 is 30.5 Å². The molecular weight excluding hydrogens is 308 g/mol. The number of pyridine rings is 1. The van der Waals surface area contributed by atoms with Crippen LogP contribution in [0, 0.1) is 0 Å². The van der Waals surface area contributed by atoms with Crippen molar-refractivity contribution in [2.75, 3.05) is 13.2 Å². The Kier molecular flexibility index (Phi) is 5.18. The zero-order valence-electron chi connectivity index (χ0n) is 13.0. The van der Waals surface area contributed by atoms with Crippen molar-refractivity contribution in [1.82, 2.24) is 10.3 Å². The van der Waals surface area contributed by atoms with Crippen LogP contribution >= 0.6 is 11.6 Å². The molecule has 0 fully saturated rings. The van der Waals surface area contributed by atoms with Gasteiger partial charge >= 0.3 is 0 Å². The fourth-order valence-electron chi connectivity index (χ4n) is 2.65. The number of ether oxygens (including phenoxy) is 1. The van der Waals surface area contributed by atoms with Crippen LogP contribution in [-0.2, 0) is 11.2 Å². The maximum Gasteiger partial charge on any atom is 0.285 e. The SMILES string of the molecule is C[B]c1ncccc1CC(NC1=NCCO1)c1cccc(Cl)c1. The summed E-state index contributed by atoms with van der Waals surface area (Å²) in [4.78, 5) is 8.76. The molecule has 0 bridgehead atoms. The van der Waals surface area contributed by atoms with Crippen LogP contribution < -0.4 is 10.9 Å². The van der Waals surface area contributed by atoms with Crippen LogP contribution in [-0.4, -0.2) is 31.4 Å². The molecule has 1 aromatic carbocycles. The molecular formula is C17H18BClN3O. The van der Waals surface area contributed by atoms with Crippen LogP contribution in [0.25, 0.3) is 0 Å². The fourth-order valence-corrected chi connectivity index (χ4v) is 2.85. The first-order valence-corrected chi connectivity index (χ1v) is 8.06. The van der Waals surface area contributed by atoms with Crippen LogP contribution in [0.15, 0.2) is 47.6 Å². The molecule has 1 aromatic heterocycles. The number of nitrogens with zero attached hydrogens (tertiary/aromatic N) is 2. The zero-order valence-corrected chi connectivity index (χ0v) is 13.8. The summed E-state index contributed by atoms with van der Waals surface area (Å²) in [6, 6.07) is 12.5. The van der Waals surface area contributed by atoms with Crippen LogP contribution in [0.4, 0.5) is 0 Å². The Bertz CT molecular complexity index is 708. The molecule has 1 aliphatic rings. The summed E-state index contributed by atoms with van der Waals surface area (Å²) < 4.78 is 5.51. The molecule has 1 atom stereocenters. The van der Waals surface area contributed by atoms with Crippen molar-refractivity contribution < 1.29 is 4.74 Å². The average molecular weight is 327 g/mol. The van der Waals surface area contributed by atoms with Gasteiger partial charge in [0.1, 0.15) is 6.61 Å². The molecule has 0 saturated carbocycles. The minimum Gasteiger partial charge on any atom is -0.463 e. The third-order valence-electron chi connectivity index (χ3n) is 3.76. The quantitative estimate of drug-likeness (QED) is 0.858. The monoisotopic (exact) mass is 326 g/mol. The molecule has 1 aliphatic heterocycles. The number of nitrogens with one attached hydrogen (secondary N) is 1. The fraction of sp³-hybridized carbons (Fsp3) is 0.294. The van der Waals surface area contributed by atoms with Crippen molar-refractivity contribution in [1.29, 1.82) is 0 Å². The summed E-state index contributed by atoms with van der Waals surface area (Å²) in [6.07, 6.45) is 2.58. The van der Waals surface area contributed by atoms with Gasteiger partial charge in [-0.3, -0.25) is 4.98 Å². The third-order valence-corrected chi connectivity index (χ3v) is 3.99. The Morgan fingerprint density at radius 1 is 1.35 bits per heavy atom. The van der Waals surface area contributed by atoms with Gasteiger partial charge in [-0.25, -0.2) is 4.99 Å². The molecule has 1 radical (unpaired) electrons. The molecule has 2 aromatic rings. The Labute approximate surface area is 142 Å². The second-order valence-corrected chi connectivity index (χ2v) is 5.76. The zero-order chi connectivity index (χ0) is 16.1. The van der Waals surface area contributed by atoms with Gasteiger partial charge in [0.05, 0.1) is 12.6 Å². The molecule has 0 amide bonds. The molecule has 2 heterocycles. The van der Waals surface area contributed by atoms with E-state index in [0.717, 1.165) is 22.6 Å². The van der Waals surface area contributed by atoms with Gasteiger partial charge in [-0.2, -0.15) is 0 Å². The lowest BCUT2D eigenvalue weighted by Gasteiger charge is -2.21. The van der Waals surface area contributed by atoms with Crippen LogP contribution in [0.2, 0.25) is 11.8 Å². The van der Waals surface area contributed by atoms with Gasteiger partial charge in [0.2, 0.25) is 0 Å². The number of rotatable bonds is 5. The summed E-state index contributed by atoms with van der Waals surface area (Å²) in [5, 5.41) is 4.11. The predicted octanol–water partition coefficient (Wildman–Crippen LogP) is 2.37. The maximum atomic E-state index is 6.16. The first-order valence-electron chi connectivity index (χ1n) is 7.69. The largest absolute Gasteiger partial charge is 0.463 e. The Balaban J connectivity index is 1.88. The molecule has 4 nitrogen and oxygen atoms in total. The molecule has 0 spiro atoms. The highest BCUT2D eigenvalue weighted by Crippen LogP contribution is 2.21. The lowest BCUT2D eigenvalue weighted by Crippen LogP contribution is -2.32. The van der Waals surface area contributed by atoms with E-state index in [0.29, 0.717) is 19.2 Å². The minimum absolute atomic E-state index is 0.0217. The van der Waals surface area contributed by atoms with E-state index < -0.39 is 0 Å². The molecule has 1 N–H and O–H groups in total. The van der Waals surface area contributed by atoms with Crippen LogP contribution in [0.3, 0.4) is 0 Å². The van der Waals surface area contributed by atoms with E-state index >= 15 is 0 Å². The van der Waals surface area contributed by atoms with Gasteiger partial charge in [-0.05, 0) is 41.3 Å². The van der Waals surface area contributed by atoms with Gasteiger partial charge < -0.3 is 10.1 Å². The Hall–Kier alpha value is -2.01. The van der Waals surface area contributed by atoms with E-state index in [2.05, 4.69) is 27.4 Å². The number of amidine groups is 1. The van der Waals surface area contributed by atoms with Gasteiger partial charge in [-0.1, -0.05) is 36.6 Å².